The van der Waals surface area contributed by atoms with Crippen LogP contribution in [0.5, 0.6) is 11.5 Å². The summed E-state index contributed by atoms with van der Waals surface area (Å²) in [6.07, 6.45) is 0. The molecule has 2 rings (SSSR count). The fourth-order valence-corrected chi connectivity index (χ4v) is 3.07. The number of anilines is 1. The molecular weight excluding hydrogens is 356 g/mol. The van der Waals surface area contributed by atoms with Crippen molar-refractivity contribution in [2.24, 2.45) is 0 Å². The number of amides is 1. The van der Waals surface area contributed by atoms with Gasteiger partial charge in [-0.05, 0) is 48.9 Å². The second kappa shape index (κ2) is 8.20. The van der Waals surface area contributed by atoms with E-state index >= 15 is 0 Å². The Morgan fingerprint density at radius 2 is 1.77 bits per heavy atom. The van der Waals surface area contributed by atoms with Crippen LogP contribution in [0, 0.1) is 6.92 Å². The van der Waals surface area contributed by atoms with E-state index in [1.54, 1.807) is 12.1 Å². The first kappa shape index (κ1) is 19.7. The van der Waals surface area contributed by atoms with Crippen LogP contribution in [0.4, 0.5) is 5.69 Å². The lowest BCUT2D eigenvalue weighted by Crippen LogP contribution is -2.22. The highest BCUT2D eigenvalue weighted by molar-refractivity contribution is 7.89. The highest BCUT2D eigenvalue weighted by Gasteiger charge is 2.17. The van der Waals surface area contributed by atoms with Crippen LogP contribution in [-0.4, -0.2) is 46.4 Å². The molecule has 0 saturated carbocycles. The molecule has 0 atom stereocenters. The van der Waals surface area contributed by atoms with Crippen molar-refractivity contribution in [2.75, 3.05) is 33.1 Å². The minimum atomic E-state index is -3.49. The Bertz CT molecular complexity index is 877. The summed E-state index contributed by atoms with van der Waals surface area (Å²) >= 11 is 0. The number of hydrogen-bond donors (Lipinski definition) is 1. The summed E-state index contributed by atoms with van der Waals surface area (Å²) in [5.74, 6) is 0.607. The minimum Gasteiger partial charge on any atom is -0.495 e. The maximum Gasteiger partial charge on any atom is 0.262 e. The average Bonchev–Trinajstić information content (AvgIpc) is 2.60. The molecule has 0 bridgehead atoms. The van der Waals surface area contributed by atoms with Gasteiger partial charge >= 0.3 is 0 Å². The lowest BCUT2D eigenvalue weighted by Gasteiger charge is -2.13. The van der Waals surface area contributed by atoms with Crippen molar-refractivity contribution in [1.29, 1.82) is 0 Å². The Balaban J connectivity index is 1.99. The van der Waals surface area contributed by atoms with Crippen LogP contribution in [0.15, 0.2) is 47.4 Å². The first-order valence-corrected chi connectivity index (χ1v) is 9.28. The van der Waals surface area contributed by atoms with Gasteiger partial charge in [0.2, 0.25) is 10.0 Å². The van der Waals surface area contributed by atoms with Gasteiger partial charge in [0.1, 0.15) is 11.5 Å². The molecule has 0 aliphatic carbocycles. The molecule has 0 aliphatic rings. The number of methoxy groups -OCH3 is 1. The normalized spacial score (nSPS) is 11.3. The summed E-state index contributed by atoms with van der Waals surface area (Å²) in [6, 6.07) is 11.4. The summed E-state index contributed by atoms with van der Waals surface area (Å²) < 4.78 is 35.8. The fraction of sp³-hybridized carbons (Fsp3) is 0.278. The predicted octanol–water partition coefficient (Wildman–Crippen LogP) is 2.27. The highest BCUT2D eigenvalue weighted by atomic mass is 32.2. The zero-order valence-corrected chi connectivity index (χ0v) is 16.0. The van der Waals surface area contributed by atoms with Crippen molar-refractivity contribution in [3.63, 3.8) is 0 Å². The van der Waals surface area contributed by atoms with E-state index < -0.39 is 10.0 Å². The highest BCUT2D eigenvalue weighted by Crippen LogP contribution is 2.25. The molecule has 2 aromatic rings. The topological polar surface area (TPSA) is 84.9 Å². The molecule has 0 unspecified atom stereocenters. The van der Waals surface area contributed by atoms with Crippen LogP contribution in [0.1, 0.15) is 5.56 Å². The standard InChI is InChI=1S/C18H22N2O5S/c1-13-5-10-17(24-4)16(11-13)19-18(21)12-25-14-6-8-15(9-7-14)26(22,23)20(2)3/h5-11H,12H2,1-4H3,(H,19,21). The van der Waals surface area contributed by atoms with Crippen LogP contribution in [-0.2, 0) is 14.8 Å². The molecule has 0 aliphatic heterocycles. The molecule has 7 nitrogen and oxygen atoms in total. The van der Waals surface area contributed by atoms with Gasteiger partial charge in [0.15, 0.2) is 6.61 Å². The number of nitrogens with one attached hydrogen (secondary N) is 1. The van der Waals surface area contributed by atoms with E-state index in [2.05, 4.69) is 5.32 Å². The Hall–Kier alpha value is -2.58. The molecule has 26 heavy (non-hydrogen) atoms. The molecule has 1 N–H and O–H groups in total. The molecule has 1 amide bonds. The smallest absolute Gasteiger partial charge is 0.262 e. The minimum absolute atomic E-state index is 0.156. The number of rotatable bonds is 7. The summed E-state index contributed by atoms with van der Waals surface area (Å²) in [4.78, 5) is 12.2. The van der Waals surface area contributed by atoms with Crippen LogP contribution in [0.25, 0.3) is 0 Å². The van der Waals surface area contributed by atoms with Crippen molar-refractivity contribution in [2.45, 2.75) is 11.8 Å². The van der Waals surface area contributed by atoms with E-state index in [9.17, 15) is 13.2 Å². The molecule has 0 saturated heterocycles. The van der Waals surface area contributed by atoms with E-state index in [0.29, 0.717) is 17.2 Å². The van der Waals surface area contributed by atoms with Gasteiger partial charge in [-0.1, -0.05) is 6.07 Å². The van der Waals surface area contributed by atoms with Gasteiger partial charge in [0.05, 0.1) is 17.7 Å². The summed E-state index contributed by atoms with van der Waals surface area (Å²) in [7, 11) is 0.959. The molecule has 140 valence electrons. The maximum absolute atomic E-state index is 12.1. The number of hydrogen-bond acceptors (Lipinski definition) is 5. The first-order valence-electron chi connectivity index (χ1n) is 7.84. The zero-order valence-electron chi connectivity index (χ0n) is 15.1. The molecule has 0 heterocycles. The van der Waals surface area contributed by atoms with Gasteiger partial charge in [-0.25, -0.2) is 12.7 Å². The van der Waals surface area contributed by atoms with Crippen molar-refractivity contribution in [1.82, 2.24) is 4.31 Å². The second-order valence-electron chi connectivity index (χ2n) is 5.80. The van der Waals surface area contributed by atoms with Gasteiger partial charge in [0.25, 0.3) is 5.91 Å². The Morgan fingerprint density at radius 3 is 2.35 bits per heavy atom. The first-order chi connectivity index (χ1) is 12.2. The van der Waals surface area contributed by atoms with Crippen molar-refractivity contribution in [3.05, 3.63) is 48.0 Å². The van der Waals surface area contributed by atoms with Gasteiger partial charge < -0.3 is 14.8 Å². The summed E-state index contributed by atoms with van der Waals surface area (Å²) in [5, 5.41) is 2.73. The number of sulfonamides is 1. The van der Waals surface area contributed by atoms with Gasteiger partial charge in [-0.2, -0.15) is 0 Å². The molecule has 0 spiro atoms. The SMILES string of the molecule is COc1ccc(C)cc1NC(=O)COc1ccc(S(=O)(=O)N(C)C)cc1. The quantitative estimate of drug-likeness (QED) is 0.799. The van der Waals surface area contributed by atoms with Gasteiger partial charge in [-0.15, -0.1) is 0 Å². The number of carbonyl (C=O) groups is 1. The van der Waals surface area contributed by atoms with E-state index in [0.717, 1.165) is 9.87 Å². The van der Waals surface area contributed by atoms with Gasteiger partial charge in [-0.3, -0.25) is 4.79 Å². The Kier molecular flexibility index (Phi) is 6.23. The molecule has 2 aromatic carbocycles. The van der Waals surface area contributed by atoms with Gasteiger partial charge in [0, 0.05) is 14.1 Å². The molecule has 0 radical (unpaired) electrons. The van der Waals surface area contributed by atoms with Crippen LogP contribution >= 0.6 is 0 Å². The van der Waals surface area contributed by atoms with Crippen molar-refractivity contribution < 1.29 is 22.7 Å². The third-order valence-corrected chi connectivity index (χ3v) is 5.43. The van der Waals surface area contributed by atoms with E-state index in [-0.39, 0.29) is 17.4 Å². The third-order valence-electron chi connectivity index (χ3n) is 3.60. The summed E-state index contributed by atoms with van der Waals surface area (Å²) in [5.41, 5.74) is 1.55. The lowest BCUT2D eigenvalue weighted by molar-refractivity contribution is -0.118. The number of nitrogens with zero attached hydrogens (tertiary/aromatic N) is 1. The van der Waals surface area contributed by atoms with E-state index in [1.807, 2.05) is 13.0 Å². The number of aryl methyl sites for hydroxylation is 1. The van der Waals surface area contributed by atoms with Crippen LogP contribution < -0.4 is 14.8 Å². The van der Waals surface area contributed by atoms with E-state index in [4.69, 9.17) is 9.47 Å². The van der Waals surface area contributed by atoms with Crippen molar-refractivity contribution in [3.8, 4) is 11.5 Å². The van der Waals surface area contributed by atoms with Crippen LogP contribution in [0.3, 0.4) is 0 Å². The average molecular weight is 378 g/mol. The monoisotopic (exact) mass is 378 g/mol. The van der Waals surface area contributed by atoms with Crippen LogP contribution in [0.2, 0.25) is 0 Å². The largest absolute Gasteiger partial charge is 0.495 e. The molecular formula is C18H22N2O5S. The fourth-order valence-electron chi connectivity index (χ4n) is 2.17. The molecule has 0 fully saturated rings. The third kappa shape index (κ3) is 4.74. The number of ether oxygens (including phenoxy) is 2. The Labute approximate surface area is 153 Å². The lowest BCUT2D eigenvalue weighted by atomic mass is 10.2. The second-order valence-corrected chi connectivity index (χ2v) is 7.95. The Morgan fingerprint density at radius 1 is 1.12 bits per heavy atom. The van der Waals surface area contributed by atoms with E-state index in [1.165, 1.54) is 45.5 Å². The zero-order chi connectivity index (χ0) is 19.3. The van der Waals surface area contributed by atoms with Crippen molar-refractivity contribution >= 4 is 21.6 Å². The number of carbonyl (C=O) groups excluding carboxylic acids is 1. The maximum atomic E-state index is 12.1. The molecule has 8 heteroatoms. The number of benzene rings is 2. The predicted molar refractivity (Wildman–Crippen MR) is 99.2 cm³/mol. The molecule has 0 aromatic heterocycles. The summed E-state index contributed by atoms with van der Waals surface area (Å²) in [6.45, 7) is 1.70.